The third-order valence-corrected chi connectivity index (χ3v) is 3.41. The standard InChI is InChI=1S/C14H18ClN5/c1-9-12(13(16)17)14(20(3)18-9)19(2)8-10-4-6-11(15)7-5-10/h4-7H,8H2,1-3H3,(H3,16,17). The van der Waals surface area contributed by atoms with E-state index in [-0.39, 0.29) is 5.84 Å². The molecule has 1 aromatic carbocycles. The van der Waals surface area contributed by atoms with Crippen LogP contribution < -0.4 is 10.6 Å². The van der Waals surface area contributed by atoms with Crippen molar-refractivity contribution in [3.63, 3.8) is 0 Å². The van der Waals surface area contributed by atoms with Gasteiger partial charge in [0, 0.05) is 25.7 Å². The van der Waals surface area contributed by atoms with Crippen molar-refractivity contribution in [3.05, 3.63) is 46.1 Å². The van der Waals surface area contributed by atoms with Gasteiger partial charge in [0.05, 0.1) is 11.3 Å². The van der Waals surface area contributed by atoms with Crippen LogP contribution in [-0.2, 0) is 13.6 Å². The van der Waals surface area contributed by atoms with Gasteiger partial charge in [0.2, 0.25) is 0 Å². The van der Waals surface area contributed by atoms with Gasteiger partial charge in [0.15, 0.2) is 0 Å². The van der Waals surface area contributed by atoms with Crippen LogP contribution in [0.2, 0.25) is 5.02 Å². The summed E-state index contributed by atoms with van der Waals surface area (Å²) in [6, 6.07) is 7.70. The number of benzene rings is 1. The number of nitrogen functional groups attached to an aromatic ring is 1. The maximum absolute atomic E-state index is 7.71. The number of nitrogens with one attached hydrogen (secondary N) is 1. The van der Waals surface area contributed by atoms with Gasteiger partial charge in [0.1, 0.15) is 11.7 Å². The topological polar surface area (TPSA) is 70.9 Å². The largest absolute Gasteiger partial charge is 0.384 e. The number of aryl methyl sites for hydroxylation is 2. The van der Waals surface area contributed by atoms with E-state index < -0.39 is 0 Å². The molecule has 0 saturated heterocycles. The Morgan fingerprint density at radius 1 is 1.40 bits per heavy atom. The highest BCUT2D eigenvalue weighted by molar-refractivity contribution is 6.30. The second-order valence-corrected chi connectivity index (χ2v) is 5.24. The van der Waals surface area contributed by atoms with Crippen LogP contribution in [-0.4, -0.2) is 22.7 Å². The molecule has 106 valence electrons. The molecule has 0 unspecified atom stereocenters. The van der Waals surface area contributed by atoms with Gasteiger partial charge >= 0.3 is 0 Å². The quantitative estimate of drug-likeness (QED) is 0.671. The van der Waals surface area contributed by atoms with E-state index in [0.717, 1.165) is 22.1 Å². The third kappa shape index (κ3) is 2.77. The van der Waals surface area contributed by atoms with Crippen molar-refractivity contribution in [2.75, 3.05) is 11.9 Å². The van der Waals surface area contributed by atoms with Crippen molar-refractivity contribution in [1.82, 2.24) is 9.78 Å². The summed E-state index contributed by atoms with van der Waals surface area (Å²) in [6.07, 6.45) is 0. The highest BCUT2D eigenvalue weighted by Crippen LogP contribution is 2.23. The number of hydrogen-bond acceptors (Lipinski definition) is 3. The first-order valence-electron chi connectivity index (χ1n) is 6.23. The summed E-state index contributed by atoms with van der Waals surface area (Å²) in [5.74, 6) is 0.874. The molecule has 0 spiro atoms. The molecular formula is C14H18ClN5. The number of amidine groups is 1. The molecule has 0 saturated carbocycles. The molecule has 1 heterocycles. The van der Waals surface area contributed by atoms with Crippen molar-refractivity contribution in [1.29, 1.82) is 5.41 Å². The molecular weight excluding hydrogens is 274 g/mol. The Balaban J connectivity index is 2.31. The fourth-order valence-electron chi connectivity index (χ4n) is 2.34. The first-order valence-corrected chi connectivity index (χ1v) is 6.61. The minimum Gasteiger partial charge on any atom is -0.384 e. The van der Waals surface area contributed by atoms with E-state index in [1.165, 1.54) is 0 Å². The molecule has 0 bridgehead atoms. The molecule has 0 atom stereocenters. The van der Waals surface area contributed by atoms with Crippen LogP contribution in [0.4, 0.5) is 5.82 Å². The number of hydrogen-bond donors (Lipinski definition) is 2. The van der Waals surface area contributed by atoms with Gasteiger partial charge < -0.3 is 10.6 Å². The lowest BCUT2D eigenvalue weighted by atomic mass is 10.2. The summed E-state index contributed by atoms with van der Waals surface area (Å²) in [7, 11) is 3.81. The predicted octanol–water partition coefficient (Wildman–Crippen LogP) is 2.30. The highest BCUT2D eigenvalue weighted by Gasteiger charge is 2.19. The Hall–Kier alpha value is -2.01. The summed E-state index contributed by atoms with van der Waals surface area (Å²) >= 11 is 5.89. The van der Waals surface area contributed by atoms with E-state index in [9.17, 15) is 0 Å². The second kappa shape index (κ2) is 5.54. The third-order valence-electron chi connectivity index (χ3n) is 3.16. The number of nitrogens with two attached hydrogens (primary N) is 1. The normalized spacial score (nSPS) is 10.6. The summed E-state index contributed by atoms with van der Waals surface area (Å²) in [6.45, 7) is 2.55. The Kier molecular flexibility index (Phi) is 3.99. The van der Waals surface area contributed by atoms with Gasteiger partial charge in [-0.05, 0) is 24.6 Å². The molecule has 0 radical (unpaired) electrons. The molecule has 5 nitrogen and oxygen atoms in total. The summed E-state index contributed by atoms with van der Waals surface area (Å²) < 4.78 is 1.75. The number of halogens is 1. The molecule has 0 fully saturated rings. The molecule has 2 rings (SSSR count). The highest BCUT2D eigenvalue weighted by atomic mass is 35.5. The number of aromatic nitrogens is 2. The first kappa shape index (κ1) is 14.4. The molecule has 0 aliphatic rings. The van der Waals surface area contributed by atoms with Crippen molar-refractivity contribution in [3.8, 4) is 0 Å². The van der Waals surface area contributed by atoms with E-state index in [1.807, 2.05) is 50.2 Å². The van der Waals surface area contributed by atoms with Gasteiger partial charge in [-0.3, -0.25) is 10.1 Å². The second-order valence-electron chi connectivity index (χ2n) is 4.80. The van der Waals surface area contributed by atoms with E-state index in [4.69, 9.17) is 22.7 Å². The number of rotatable bonds is 4. The Morgan fingerprint density at radius 3 is 2.55 bits per heavy atom. The van der Waals surface area contributed by atoms with Crippen LogP contribution in [0.25, 0.3) is 0 Å². The lowest BCUT2D eigenvalue weighted by Crippen LogP contribution is -2.23. The molecule has 2 aromatic rings. The number of nitrogens with zero attached hydrogens (tertiary/aromatic N) is 3. The zero-order valence-electron chi connectivity index (χ0n) is 11.8. The van der Waals surface area contributed by atoms with Crippen LogP contribution in [0.3, 0.4) is 0 Å². The van der Waals surface area contributed by atoms with Gasteiger partial charge in [0.25, 0.3) is 0 Å². The van der Waals surface area contributed by atoms with Crippen molar-refractivity contribution in [2.24, 2.45) is 12.8 Å². The average Bonchev–Trinajstić information content (AvgIpc) is 2.67. The maximum Gasteiger partial charge on any atom is 0.137 e. The molecule has 3 N–H and O–H groups in total. The maximum atomic E-state index is 7.71. The van der Waals surface area contributed by atoms with Crippen LogP contribution in [0.5, 0.6) is 0 Å². The van der Waals surface area contributed by atoms with Crippen LogP contribution in [0.15, 0.2) is 24.3 Å². The Bertz CT molecular complexity index is 630. The molecule has 0 aliphatic carbocycles. The van der Waals surface area contributed by atoms with Crippen molar-refractivity contribution in [2.45, 2.75) is 13.5 Å². The summed E-state index contributed by atoms with van der Waals surface area (Å²) in [5.41, 5.74) is 8.24. The van der Waals surface area contributed by atoms with Crippen LogP contribution in [0, 0.1) is 12.3 Å². The zero-order chi connectivity index (χ0) is 14.9. The van der Waals surface area contributed by atoms with Crippen molar-refractivity contribution >= 4 is 23.3 Å². The van der Waals surface area contributed by atoms with Gasteiger partial charge in [-0.1, -0.05) is 23.7 Å². The van der Waals surface area contributed by atoms with Crippen LogP contribution in [0.1, 0.15) is 16.8 Å². The molecule has 1 aromatic heterocycles. The van der Waals surface area contributed by atoms with Crippen LogP contribution >= 0.6 is 11.6 Å². The van der Waals surface area contributed by atoms with E-state index >= 15 is 0 Å². The monoisotopic (exact) mass is 291 g/mol. The molecule has 20 heavy (non-hydrogen) atoms. The van der Waals surface area contributed by atoms with E-state index in [2.05, 4.69) is 5.10 Å². The van der Waals surface area contributed by atoms with E-state index in [1.54, 1.807) is 4.68 Å². The average molecular weight is 292 g/mol. The van der Waals surface area contributed by atoms with Gasteiger partial charge in [-0.15, -0.1) is 0 Å². The lowest BCUT2D eigenvalue weighted by Gasteiger charge is -2.21. The smallest absolute Gasteiger partial charge is 0.137 e. The SMILES string of the molecule is Cc1nn(C)c(N(C)Cc2ccc(Cl)cc2)c1C(=N)N. The van der Waals surface area contributed by atoms with Crippen molar-refractivity contribution < 1.29 is 0 Å². The van der Waals surface area contributed by atoms with E-state index in [0.29, 0.717) is 12.1 Å². The first-order chi connectivity index (χ1) is 9.40. The zero-order valence-corrected chi connectivity index (χ0v) is 12.6. The predicted molar refractivity (Wildman–Crippen MR) is 82.5 cm³/mol. The minimum absolute atomic E-state index is 0.0357. The summed E-state index contributed by atoms with van der Waals surface area (Å²) in [5, 5.41) is 12.8. The molecule has 0 aliphatic heterocycles. The fraction of sp³-hybridized carbons (Fsp3) is 0.286. The lowest BCUT2D eigenvalue weighted by molar-refractivity contribution is 0.726. The molecule has 6 heteroatoms. The van der Waals surface area contributed by atoms with Gasteiger partial charge in [-0.25, -0.2) is 0 Å². The fourth-order valence-corrected chi connectivity index (χ4v) is 2.46. The molecule has 0 amide bonds. The van der Waals surface area contributed by atoms with Gasteiger partial charge in [-0.2, -0.15) is 5.10 Å². The Morgan fingerprint density at radius 2 is 2.00 bits per heavy atom. The number of anilines is 1. The Labute approximate surface area is 123 Å². The summed E-state index contributed by atoms with van der Waals surface area (Å²) in [4.78, 5) is 2.03. The minimum atomic E-state index is 0.0357.